The zero-order valence-corrected chi connectivity index (χ0v) is 10.6. The minimum atomic E-state index is -0.426. The SMILES string of the molecule is CC(=O)OC1CCC(=O)N1[C@H](C)c1ccccc1. The van der Waals surface area contributed by atoms with E-state index >= 15 is 0 Å². The van der Waals surface area contributed by atoms with E-state index in [1.54, 1.807) is 4.90 Å². The zero-order valence-electron chi connectivity index (χ0n) is 10.6. The van der Waals surface area contributed by atoms with E-state index in [0.29, 0.717) is 12.8 Å². The van der Waals surface area contributed by atoms with E-state index in [1.165, 1.54) is 6.92 Å². The number of amides is 1. The quantitative estimate of drug-likeness (QED) is 0.770. The number of hydrogen-bond acceptors (Lipinski definition) is 3. The third kappa shape index (κ3) is 2.53. The molecule has 4 heteroatoms. The van der Waals surface area contributed by atoms with Gasteiger partial charge in [0.15, 0.2) is 6.23 Å². The molecule has 0 bridgehead atoms. The standard InChI is InChI=1S/C14H17NO3/c1-10(12-6-4-3-5-7-12)15-13(17)8-9-14(15)18-11(2)16/h3-7,10,14H,8-9H2,1-2H3/t10-,14?/m1/s1. The fourth-order valence-electron chi connectivity index (χ4n) is 2.34. The number of esters is 1. The molecule has 0 spiro atoms. The highest BCUT2D eigenvalue weighted by Crippen LogP contribution is 2.30. The third-order valence-electron chi connectivity index (χ3n) is 3.20. The van der Waals surface area contributed by atoms with Crippen LogP contribution in [0.15, 0.2) is 30.3 Å². The van der Waals surface area contributed by atoms with Gasteiger partial charge < -0.3 is 9.64 Å². The van der Waals surface area contributed by atoms with Gasteiger partial charge in [0, 0.05) is 19.8 Å². The van der Waals surface area contributed by atoms with E-state index in [2.05, 4.69) is 0 Å². The summed E-state index contributed by atoms with van der Waals surface area (Å²) in [5, 5.41) is 0. The second-order valence-electron chi connectivity index (χ2n) is 4.49. The minimum Gasteiger partial charge on any atom is -0.442 e. The number of carbonyl (C=O) groups is 2. The molecule has 0 saturated carbocycles. The Bertz CT molecular complexity index is 444. The molecule has 2 atom stereocenters. The van der Waals surface area contributed by atoms with Gasteiger partial charge in [-0.1, -0.05) is 30.3 Å². The lowest BCUT2D eigenvalue weighted by atomic mass is 10.1. The van der Waals surface area contributed by atoms with Crippen LogP contribution in [0.2, 0.25) is 0 Å². The van der Waals surface area contributed by atoms with E-state index < -0.39 is 6.23 Å². The van der Waals surface area contributed by atoms with Gasteiger partial charge in [-0.05, 0) is 12.5 Å². The summed E-state index contributed by atoms with van der Waals surface area (Å²) in [5.74, 6) is -0.308. The molecule has 1 amide bonds. The Morgan fingerprint density at radius 3 is 2.67 bits per heavy atom. The molecule has 1 saturated heterocycles. The lowest BCUT2D eigenvalue weighted by molar-refractivity contribution is -0.159. The third-order valence-corrected chi connectivity index (χ3v) is 3.20. The number of ether oxygens (including phenoxy) is 1. The van der Waals surface area contributed by atoms with E-state index in [4.69, 9.17) is 4.74 Å². The minimum absolute atomic E-state index is 0.0394. The summed E-state index contributed by atoms with van der Waals surface area (Å²) in [6, 6.07) is 9.68. The molecule has 96 valence electrons. The largest absolute Gasteiger partial charge is 0.442 e. The molecular weight excluding hydrogens is 230 g/mol. The van der Waals surface area contributed by atoms with Crippen LogP contribution < -0.4 is 0 Å². The van der Waals surface area contributed by atoms with Crippen molar-refractivity contribution >= 4 is 11.9 Å². The van der Waals surface area contributed by atoms with Gasteiger partial charge in [-0.25, -0.2) is 0 Å². The first-order valence-corrected chi connectivity index (χ1v) is 6.13. The molecule has 1 unspecified atom stereocenters. The van der Waals surface area contributed by atoms with Gasteiger partial charge in [0.25, 0.3) is 0 Å². The summed E-state index contributed by atoms with van der Waals surface area (Å²) < 4.78 is 5.20. The molecule has 18 heavy (non-hydrogen) atoms. The molecule has 0 aromatic heterocycles. The van der Waals surface area contributed by atoms with Crippen LogP contribution in [0.3, 0.4) is 0 Å². The van der Waals surface area contributed by atoms with E-state index in [9.17, 15) is 9.59 Å². The van der Waals surface area contributed by atoms with E-state index in [1.807, 2.05) is 37.3 Å². The van der Waals surface area contributed by atoms with Crippen molar-refractivity contribution in [3.8, 4) is 0 Å². The van der Waals surface area contributed by atoms with Crippen molar-refractivity contribution in [2.75, 3.05) is 0 Å². The average Bonchev–Trinajstić information content (AvgIpc) is 2.70. The first kappa shape index (κ1) is 12.6. The molecule has 1 aromatic rings. The molecule has 4 nitrogen and oxygen atoms in total. The van der Waals surface area contributed by atoms with Crippen LogP contribution in [-0.4, -0.2) is 23.0 Å². The van der Waals surface area contributed by atoms with Gasteiger partial charge in [-0.2, -0.15) is 0 Å². The average molecular weight is 247 g/mol. The Labute approximate surface area is 107 Å². The van der Waals surface area contributed by atoms with Crippen molar-refractivity contribution in [1.82, 2.24) is 4.90 Å². The topological polar surface area (TPSA) is 46.6 Å². The predicted molar refractivity (Wildman–Crippen MR) is 66.5 cm³/mol. The van der Waals surface area contributed by atoms with Crippen molar-refractivity contribution in [2.24, 2.45) is 0 Å². The van der Waals surface area contributed by atoms with Crippen LogP contribution in [-0.2, 0) is 14.3 Å². The maximum atomic E-state index is 11.9. The molecule has 1 aliphatic rings. The van der Waals surface area contributed by atoms with Crippen molar-refractivity contribution in [3.63, 3.8) is 0 Å². The highest BCUT2D eigenvalue weighted by molar-refractivity contribution is 5.79. The van der Waals surface area contributed by atoms with Crippen LogP contribution in [0.4, 0.5) is 0 Å². The predicted octanol–water partition coefficient (Wildman–Crippen LogP) is 2.26. The second kappa shape index (κ2) is 5.21. The Kier molecular flexibility index (Phi) is 3.65. The number of carbonyl (C=O) groups excluding carboxylic acids is 2. The summed E-state index contributed by atoms with van der Waals surface area (Å²) in [6.07, 6.45) is 0.593. The normalized spacial score (nSPS) is 20.9. The van der Waals surface area contributed by atoms with Crippen LogP contribution in [0.25, 0.3) is 0 Å². The highest BCUT2D eigenvalue weighted by Gasteiger charge is 2.36. The summed E-state index contributed by atoms with van der Waals surface area (Å²) >= 11 is 0. The van der Waals surface area contributed by atoms with E-state index in [0.717, 1.165) is 5.56 Å². The highest BCUT2D eigenvalue weighted by atomic mass is 16.6. The van der Waals surface area contributed by atoms with Gasteiger partial charge in [-0.3, -0.25) is 9.59 Å². The summed E-state index contributed by atoms with van der Waals surface area (Å²) in [4.78, 5) is 24.6. The monoisotopic (exact) mass is 247 g/mol. The molecule has 1 aliphatic heterocycles. The summed E-state index contributed by atoms with van der Waals surface area (Å²) in [7, 11) is 0. The number of nitrogens with zero attached hydrogens (tertiary/aromatic N) is 1. The van der Waals surface area contributed by atoms with Gasteiger partial charge in [0.05, 0.1) is 6.04 Å². The van der Waals surface area contributed by atoms with Crippen LogP contribution in [0, 0.1) is 0 Å². The second-order valence-corrected chi connectivity index (χ2v) is 4.49. The van der Waals surface area contributed by atoms with Crippen LogP contribution in [0.5, 0.6) is 0 Å². The molecule has 0 N–H and O–H groups in total. The Hall–Kier alpha value is -1.84. The smallest absolute Gasteiger partial charge is 0.304 e. The Morgan fingerprint density at radius 1 is 1.39 bits per heavy atom. The molecule has 1 aromatic carbocycles. The van der Waals surface area contributed by atoms with Gasteiger partial charge in [0.2, 0.25) is 5.91 Å². The molecule has 1 heterocycles. The first-order valence-electron chi connectivity index (χ1n) is 6.13. The van der Waals surface area contributed by atoms with Gasteiger partial charge >= 0.3 is 5.97 Å². The lowest BCUT2D eigenvalue weighted by Gasteiger charge is -2.30. The molecule has 0 radical (unpaired) electrons. The molecule has 0 aliphatic carbocycles. The van der Waals surface area contributed by atoms with E-state index in [-0.39, 0.29) is 17.9 Å². The molecular formula is C14H17NO3. The maximum Gasteiger partial charge on any atom is 0.304 e. The van der Waals surface area contributed by atoms with Crippen molar-refractivity contribution < 1.29 is 14.3 Å². The number of hydrogen-bond donors (Lipinski definition) is 0. The molecule has 2 rings (SSSR count). The first-order chi connectivity index (χ1) is 8.59. The van der Waals surface area contributed by atoms with Crippen molar-refractivity contribution in [2.45, 2.75) is 39.0 Å². The summed E-state index contributed by atoms with van der Waals surface area (Å²) in [5.41, 5.74) is 1.05. The maximum absolute atomic E-state index is 11.9. The van der Waals surface area contributed by atoms with Crippen LogP contribution in [0.1, 0.15) is 38.3 Å². The molecule has 1 fully saturated rings. The Balaban J connectivity index is 2.18. The number of rotatable bonds is 3. The van der Waals surface area contributed by atoms with Gasteiger partial charge in [0.1, 0.15) is 0 Å². The van der Waals surface area contributed by atoms with Crippen molar-refractivity contribution in [3.05, 3.63) is 35.9 Å². The fourth-order valence-corrected chi connectivity index (χ4v) is 2.34. The number of likely N-dealkylation sites (tertiary alicyclic amines) is 1. The Morgan fingerprint density at radius 2 is 2.06 bits per heavy atom. The van der Waals surface area contributed by atoms with Crippen molar-refractivity contribution in [1.29, 1.82) is 0 Å². The lowest BCUT2D eigenvalue weighted by Crippen LogP contribution is -2.37. The van der Waals surface area contributed by atoms with Crippen LogP contribution >= 0.6 is 0 Å². The zero-order chi connectivity index (χ0) is 13.1. The number of benzene rings is 1. The van der Waals surface area contributed by atoms with Gasteiger partial charge in [-0.15, -0.1) is 0 Å². The fraction of sp³-hybridized carbons (Fsp3) is 0.429. The summed E-state index contributed by atoms with van der Waals surface area (Å²) in [6.45, 7) is 3.32.